The standard InChI is InChI=1S/C9H21NO3/c1-4-7-10-13-8-9(11-5-2)12-6-3/h9-10H,4-8H2,1-3H3. The normalized spacial score (nSPS) is 11.1. The van der Waals surface area contributed by atoms with Gasteiger partial charge in [-0.05, 0) is 20.3 Å². The quantitative estimate of drug-likeness (QED) is 0.339. The van der Waals surface area contributed by atoms with Gasteiger partial charge in [0.25, 0.3) is 0 Å². The molecule has 0 aliphatic heterocycles. The van der Waals surface area contributed by atoms with E-state index >= 15 is 0 Å². The van der Waals surface area contributed by atoms with Crippen molar-refractivity contribution >= 4 is 0 Å². The van der Waals surface area contributed by atoms with Crippen molar-refractivity contribution in [2.75, 3.05) is 26.4 Å². The second-order valence-electron chi connectivity index (χ2n) is 2.55. The Balaban J connectivity index is 3.33. The van der Waals surface area contributed by atoms with E-state index in [1.165, 1.54) is 0 Å². The zero-order valence-electron chi connectivity index (χ0n) is 8.84. The van der Waals surface area contributed by atoms with Crippen molar-refractivity contribution in [3.05, 3.63) is 0 Å². The molecular weight excluding hydrogens is 170 g/mol. The van der Waals surface area contributed by atoms with Crippen molar-refractivity contribution in [3.63, 3.8) is 0 Å². The maximum atomic E-state index is 5.28. The number of ether oxygens (including phenoxy) is 2. The molecule has 13 heavy (non-hydrogen) atoms. The van der Waals surface area contributed by atoms with Crippen LogP contribution in [-0.4, -0.2) is 32.7 Å². The predicted octanol–water partition coefficient (Wildman–Crippen LogP) is 1.32. The SMILES string of the molecule is CCCNOCC(OCC)OCC. The maximum Gasteiger partial charge on any atom is 0.182 e. The maximum absolute atomic E-state index is 5.28. The van der Waals surface area contributed by atoms with Crippen LogP contribution in [0.5, 0.6) is 0 Å². The molecule has 0 spiro atoms. The van der Waals surface area contributed by atoms with Crippen LogP contribution >= 0.6 is 0 Å². The van der Waals surface area contributed by atoms with Crippen LogP contribution in [0.1, 0.15) is 27.2 Å². The summed E-state index contributed by atoms with van der Waals surface area (Å²) in [6.07, 6.45) is 0.799. The summed E-state index contributed by atoms with van der Waals surface area (Å²) in [5.74, 6) is 0. The van der Waals surface area contributed by atoms with Crippen LogP contribution in [0.15, 0.2) is 0 Å². The summed E-state index contributed by atoms with van der Waals surface area (Å²) in [6.45, 7) is 8.52. The summed E-state index contributed by atoms with van der Waals surface area (Å²) in [6, 6.07) is 0. The Labute approximate surface area is 80.5 Å². The predicted molar refractivity (Wildman–Crippen MR) is 51.3 cm³/mol. The molecule has 0 aromatic carbocycles. The molecule has 0 unspecified atom stereocenters. The number of hydroxylamine groups is 1. The van der Waals surface area contributed by atoms with Gasteiger partial charge in [0, 0.05) is 19.8 Å². The highest BCUT2D eigenvalue weighted by atomic mass is 16.7. The molecule has 0 rings (SSSR count). The van der Waals surface area contributed by atoms with Gasteiger partial charge in [-0.1, -0.05) is 6.92 Å². The van der Waals surface area contributed by atoms with E-state index in [1.54, 1.807) is 0 Å². The summed E-state index contributed by atoms with van der Waals surface area (Å²) >= 11 is 0. The summed E-state index contributed by atoms with van der Waals surface area (Å²) in [7, 11) is 0. The Hall–Kier alpha value is -0.160. The highest BCUT2D eigenvalue weighted by molar-refractivity contribution is 4.39. The van der Waals surface area contributed by atoms with Gasteiger partial charge in [-0.3, -0.25) is 4.84 Å². The molecule has 0 aromatic rings. The zero-order valence-corrected chi connectivity index (χ0v) is 8.84. The van der Waals surface area contributed by atoms with Gasteiger partial charge in [0.2, 0.25) is 0 Å². The molecule has 0 heterocycles. The Morgan fingerprint density at radius 3 is 2.15 bits per heavy atom. The van der Waals surface area contributed by atoms with Gasteiger partial charge in [0.1, 0.15) is 6.61 Å². The summed E-state index contributed by atoms with van der Waals surface area (Å²) in [4.78, 5) is 5.14. The monoisotopic (exact) mass is 191 g/mol. The van der Waals surface area contributed by atoms with Crippen LogP contribution in [0.2, 0.25) is 0 Å². The molecule has 0 saturated heterocycles. The molecule has 0 aliphatic carbocycles. The number of nitrogens with one attached hydrogen (secondary N) is 1. The van der Waals surface area contributed by atoms with Crippen molar-refractivity contribution in [1.82, 2.24) is 5.48 Å². The van der Waals surface area contributed by atoms with Crippen molar-refractivity contribution in [3.8, 4) is 0 Å². The third-order valence-corrected chi connectivity index (χ3v) is 1.38. The zero-order chi connectivity index (χ0) is 9.94. The topological polar surface area (TPSA) is 39.7 Å². The van der Waals surface area contributed by atoms with E-state index in [4.69, 9.17) is 14.3 Å². The summed E-state index contributed by atoms with van der Waals surface area (Å²) in [5.41, 5.74) is 2.82. The fourth-order valence-corrected chi connectivity index (χ4v) is 0.817. The van der Waals surface area contributed by atoms with Crippen molar-refractivity contribution in [1.29, 1.82) is 0 Å². The first-order valence-electron chi connectivity index (χ1n) is 4.92. The summed E-state index contributed by atoms with van der Waals surface area (Å²) < 4.78 is 10.6. The molecule has 0 aromatic heterocycles. The third-order valence-electron chi connectivity index (χ3n) is 1.38. The van der Waals surface area contributed by atoms with Gasteiger partial charge >= 0.3 is 0 Å². The second-order valence-corrected chi connectivity index (χ2v) is 2.55. The Morgan fingerprint density at radius 1 is 1.08 bits per heavy atom. The Bertz CT molecular complexity index is 94.9. The second kappa shape index (κ2) is 9.92. The van der Waals surface area contributed by atoms with E-state index in [0.717, 1.165) is 13.0 Å². The summed E-state index contributed by atoms with van der Waals surface area (Å²) in [5, 5.41) is 0. The average Bonchev–Trinajstić information content (AvgIpc) is 2.13. The first kappa shape index (κ1) is 12.8. The van der Waals surface area contributed by atoms with E-state index < -0.39 is 0 Å². The minimum Gasteiger partial charge on any atom is -0.350 e. The van der Waals surface area contributed by atoms with Crippen LogP contribution in [0, 0.1) is 0 Å². The largest absolute Gasteiger partial charge is 0.350 e. The molecule has 0 bridgehead atoms. The number of hydrogen-bond acceptors (Lipinski definition) is 4. The third kappa shape index (κ3) is 8.18. The van der Waals surface area contributed by atoms with Gasteiger partial charge < -0.3 is 9.47 Å². The van der Waals surface area contributed by atoms with E-state index in [2.05, 4.69) is 12.4 Å². The van der Waals surface area contributed by atoms with Crippen LogP contribution in [0.25, 0.3) is 0 Å². The van der Waals surface area contributed by atoms with Gasteiger partial charge in [-0.15, -0.1) is 0 Å². The van der Waals surface area contributed by atoms with Gasteiger partial charge in [-0.2, -0.15) is 0 Å². The van der Waals surface area contributed by atoms with E-state index in [1.807, 2.05) is 13.8 Å². The van der Waals surface area contributed by atoms with Crippen molar-refractivity contribution < 1.29 is 14.3 Å². The molecule has 4 nitrogen and oxygen atoms in total. The lowest BCUT2D eigenvalue weighted by atomic mass is 10.5. The van der Waals surface area contributed by atoms with Crippen LogP contribution in [-0.2, 0) is 14.3 Å². The van der Waals surface area contributed by atoms with Gasteiger partial charge in [-0.25, -0.2) is 5.48 Å². The van der Waals surface area contributed by atoms with Crippen molar-refractivity contribution in [2.24, 2.45) is 0 Å². The van der Waals surface area contributed by atoms with Gasteiger partial charge in [0.05, 0.1) is 0 Å². The molecule has 1 N–H and O–H groups in total. The molecule has 4 heteroatoms. The van der Waals surface area contributed by atoms with Gasteiger partial charge in [0.15, 0.2) is 6.29 Å². The molecule has 80 valence electrons. The highest BCUT2D eigenvalue weighted by Gasteiger charge is 2.06. The van der Waals surface area contributed by atoms with Crippen molar-refractivity contribution in [2.45, 2.75) is 33.5 Å². The molecule has 0 saturated carbocycles. The first-order valence-corrected chi connectivity index (χ1v) is 4.92. The molecule has 0 fully saturated rings. The smallest absolute Gasteiger partial charge is 0.182 e. The van der Waals surface area contributed by atoms with E-state index in [-0.39, 0.29) is 6.29 Å². The highest BCUT2D eigenvalue weighted by Crippen LogP contribution is 1.94. The molecule has 0 aliphatic rings. The molecular formula is C9H21NO3. The molecule has 0 atom stereocenters. The van der Waals surface area contributed by atoms with E-state index in [9.17, 15) is 0 Å². The fourth-order valence-electron chi connectivity index (χ4n) is 0.817. The van der Waals surface area contributed by atoms with E-state index in [0.29, 0.717) is 19.8 Å². The lowest BCUT2D eigenvalue weighted by Gasteiger charge is -2.16. The fraction of sp³-hybridized carbons (Fsp3) is 1.00. The lowest BCUT2D eigenvalue weighted by molar-refractivity contribution is -0.179. The average molecular weight is 191 g/mol. The number of rotatable bonds is 9. The lowest BCUT2D eigenvalue weighted by Crippen LogP contribution is -2.28. The Morgan fingerprint density at radius 2 is 1.69 bits per heavy atom. The van der Waals surface area contributed by atoms with Crippen LogP contribution in [0.3, 0.4) is 0 Å². The minimum atomic E-state index is -0.251. The van der Waals surface area contributed by atoms with Crippen LogP contribution in [0.4, 0.5) is 0 Å². The molecule has 0 amide bonds. The molecule has 0 radical (unpaired) electrons. The first-order chi connectivity index (χ1) is 6.35. The number of hydrogen-bond donors (Lipinski definition) is 1. The van der Waals surface area contributed by atoms with Crippen LogP contribution < -0.4 is 5.48 Å². The minimum absolute atomic E-state index is 0.251. The Kier molecular flexibility index (Phi) is 9.80.